The van der Waals surface area contributed by atoms with E-state index in [1.807, 2.05) is 0 Å². The number of hydrogen-bond acceptors (Lipinski definition) is 5. The number of rotatable bonds is 4. The van der Waals surface area contributed by atoms with Crippen LogP contribution in [0.3, 0.4) is 0 Å². The third-order valence-corrected chi connectivity index (χ3v) is 4.22. The normalized spacial score (nSPS) is 10.8. The molecule has 2 aromatic heterocycles. The fraction of sp³-hybridized carbons (Fsp3) is 0.222. The second-order valence-electron chi connectivity index (χ2n) is 5.95. The minimum atomic E-state index is -0.535. The number of pyridine rings is 1. The van der Waals surface area contributed by atoms with Crippen LogP contribution in [0.4, 0.5) is 4.39 Å². The van der Waals surface area contributed by atoms with Gasteiger partial charge in [-0.2, -0.15) is 0 Å². The summed E-state index contributed by atoms with van der Waals surface area (Å²) in [6, 6.07) is 5.75. The number of benzene rings is 1. The van der Waals surface area contributed by atoms with Gasteiger partial charge >= 0.3 is 5.69 Å². The van der Waals surface area contributed by atoms with Crippen LogP contribution >= 0.6 is 0 Å². The van der Waals surface area contributed by atoms with E-state index in [2.05, 4.69) is 10.3 Å². The van der Waals surface area contributed by atoms with Crippen LogP contribution in [0.5, 0.6) is 5.75 Å². The van der Waals surface area contributed by atoms with Crippen molar-refractivity contribution >= 4 is 16.9 Å². The first kappa shape index (κ1) is 18.3. The topological polar surface area (TPSA) is 95.2 Å². The number of carbonyl (C=O) groups excluding carboxylic acids is 1. The zero-order valence-corrected chi connectivity index (χ0v) is 14.9. The highest BCUT2D eigenvalue weighted by Gasteiger charge is 2.14. The van der Waals surface area contributed by atoms with Crippen LogP contribution in [0, 0.1) is 5.82 Å². The van der Waals surface area contributed by atoms with E-state index in [0.717, 1.165) is 4.57 Å². The molecular weight excluding hydrogens is 355 g/mol. The van der Waals surface area contributed by atoms with Gasteiger partial charge in [-0.25, -0.2) is 14.2 Å². The lowest BCUT2D eigenvalue weighted by molar-refractivity contribution is 0.0950. The van der Waals surface area contributed by atoms with E-state index in [1.165, 1.54) is 50.2 Å². The first-order valence-corrected chi connectivity index (χ1v) is 8.00. The summed E-state index contributed by atoms with van der Waals surface area (Å²) in [7, 11) is 4.22. The summed E-state index contributed by atoms with van der Waals surface area (Å²) in [6.45, 7) is 0.0864. The summed E-state index contributed by atoms with van der Waals surface area (Å²) in [6.07, 6.45) is 1.28. The van der Waals surface area contributed by atoms with Crippen molar-refractivity contribution in [1.29, 1.82) is 0 Å². The van der Waals surface area contributed by atoms with Crippen molar-refractivity contribution < 1.29 is 13.9 Å². The minimum absolute atomic E-state index is 0.0864. The van der Waals surface area contributed by atoms with E-state index in [0.29, 0.717) is 5.56 Å². The van der Waals surface area contributed by atoms with E-state index in [-0.39, 0.29) is 28.9 Å². The maximum Gasteiger partial charge on any atom is 0.332 e. The summed E-state index contributed by atoms with van der Waals surface area (Å²) >= 11 is 0. The average Bonchev–Trinajstić information content (AvgIpc) is 2.68. The van der Waals surface area contributed by atoms with Crippen LogP contribution in [-0.2, 0) is 20.6 Å². The lowest BCUT2D eigenvalue weighted by atomic mass is 10.2. The molecule has 0 atom stereocenters. The quantitative estimate of drug-likeness (QED) is 0.728. The van der Waals surface area contributed by atoms with Crippen LogP contribution in [0.25, 0.3) is 11.0 Å². The van der Waals surface area contributed by atoms with Crippen molar-refractivity contribution in [2.45, 2.75) is 6.54 Å². The summed E-state index contributed by atoms with van der Waals surface area (Å²) in [5.41, 5.74) is -0.135. The number of nitrogens with one attached hydrogen (secondary N) is 1. The number of nitrogens with zero attached hydrogens (tertiary/aromatic N) is 3. The largest absolute Gasteiger partial charge is 0.494 e. The molecule has 1 N–H and O–H groups in total. The van der Waals surface area contributed by atoms with Crippen LogP contribution in [0.2, 0.25) is 0 Å². The third-order valence-electron chi connectivity index (χ3n) is 4.22. The zero-order chi connectivity index (χ0) is 19.7. The Labute approximate surface area is 152 Å². The number of amides is 1. The van der Waals surface area contributed by atoms with Crippen LogP contribution in [-0.4, -0.2) is 27.1 Å². The van der Waals surface area contributed by atoms with Gasteiger partial charge in [-0.15, -0.1) is 0 Å². The lowest BCUT2D eigenvalue weighted by Gasteiger charge is -2.09. The van der Waals surface area contributed by atoms with Gasteiger partial charge in [-0.3, -0.25) is 18.7 Å². The van der Waals surface area contributed by atoms with Crippen molar-refractivity contribution in [2.24, 2.45) is 14.1 Å². The molecule has 0 spiro atoms. The predicted octanol–water partition coefficient (Wildman–Crippen LogP) is 0.710. The van der Waals surface area contributed by atoms with Gasteiger partial charge in [0.15, 0.2) is 11.6 Å². The Bertz CT molecular complexity index is 1170. The molecule has 8 nitrogen and oxygen atoms in total. The van der Waals surface area contributed by atoms with E-state index in [9.17, 15) is 18.8 Å². The zero-order valence-electron chi connectivity index (χ0n) is 14.9. The molecule has 0 radical (unpaired) electrons. The number of hydrogen-bond donors (Lipinski definition) is 1. The summed E-state index contributed by atoms with van der Waals surface area (Å²) < 4.78 is 20.7. The molecule has 2 heterocycles. The molecule has 3 aromatic rings. The summed E-state index contributed by atoms with van der Waals surface area (Å²) in [4.78, 5) is 40.6. The van der Waals surface area contributed by atoms with Gasteiger partial charge in [0.2, 0.25) is 0 Å². The Morgan fingerprint density at radius 3 is 2.63 bits per heavy atom. The molecular formula is C18H17FN4O4. The fourth-order valence-corrected chi connectivity index (χ4v) is 2.69. The Balaban J connectivity index is 1.87. The monoisotopic (exact) mass is 372 g/mol. The van der Waals surface area contributed by atoms with Crippen molar-refractivity contribution in [3.63, 3.8) is 0 Å². The van der Waals surface area contributed by atoms with Gasteiger partial charge in [-0.1, -0.05) is 6.07 Å². The number of carbonyl (C=O) groups is 1. The molecule has 140 valence electrons. The van der Waals surface area contributed by atoms with Gasteiger partial charge < -0.3 is 10.1 Å². The maximum absolute atomic E-state index is 13.7. The highest BCUT2D eigenvalue weighted by molar-refractivity contribution is 5.96. The third kappa shape index (κ3) is 3.31. The van der Waals surface area contributed by atoms with Gasteiger partial charge in [0.1, 0.15) is 5.65 Å². The van der Waals surface area contributed by atoms with Crippen molar-refractivity contribution in [3.8, 4) is 5.75 Å². The molecule has 27 heavy (non-hydrogen) atoms. The molecule has 0 fully saturated rings. The Kier molecular flexibility index (Phi) is 4.76. The molecule has 0 saturated carbocycles. The summed E-state index contributed by atoms with van der Waals surface area (Å²) in [5.74, 6) is -0.886. The van der Waals surface area contributed by atoms with Crippen LogP contribution in [0.1, 0.15) is 15.9 Å². The minimum Gasteiger partial charge on any atom is -0.494 e. The van der Waals surface area contributed by atoms with Crippen molar-refractivity contribution in [2.75, 3.05) is 7.11 Å². The molecule has 0 aliphatic heterocycles. The van der Waals surface area contributed by atoms with E-state index >= 15 is 0 Å². The number of ether oxygens (including phenoxy) is 1. The van der Waals surface area contributed by atoms with Gasteiger partial charge in [-0.05, 0) is 23.8 Å². The number of methoxy groups -OCH3 is 1. The smallest absolute Gasteiger partial charge is 0.332 e. The highest BCUT2D eigenvalue weighted by Crippen LogP contribution is 2.17. The molecule has 3 rings (SSSR count). The van der Waals surface area contributed by atoms with Crippen LogP contribution in [0.15, 0.2) is 40.1 Å². The molecule has 9 heteroatoms. The average molecular weight is 372 g/mol. The number of fused-ring (bicyclic) bond motifs is 1. The SMILES string of the molecule is COc1ccc(CNC(=O)c2cnc3c(c2)c(=O)n(C)c(=O)n3C)cc1F. The second kappa shape index (κ2) is 7.02. The van der Waals surface area contributed by atoms with E-state index in [1.54, 1.807) is 6.07 Å². The molecule has 0 aliphatic carbocycles. The first-order valence-electron chi connectivity index (χ1n) is 8.00. The fourth-order valence-electron chi connectivity index (χ4n) is 2.69. The van der Waals surface area contributed by atoms with Gasteiger partial charge in [0.05, 0.1) is 18.1 Å². The Morgan fingerprint density at radius 1 is 1.22 bits per heavy atom. The predicted molar refractivity (Wildman–Crippen MR) is 96.3 cm³/mol. The van der Waals surface area contributed by atoms with Gasteiger partial charge in [0, 0.05) is 26.8 Å². The molecule has 0 aliphatic rings. The van der Waals surface area contributed by atoms with Gasteiger partial charge in [0.25, 0.3) is 11.5 Å². The number of aromatic nitrogens is 3. The Morgan fingerprint density at radius 2 is 1.96 bits per heavy atom. The lowest BCUT2D eigenvalue weighted by Crippen LogP contribution is -2.37. The molecule has 0 unspecified atom stereocenters. The van der Waals surface area contributed by atoms with E-state index in [4.69, 9.17) is 4.74 Å². The molecule has 0 saturated heterocycles. The Hall–Kier alpha value is -3.49. The molecule has 0 bridgehead atoms. The number of halogens is 1. The molecule has 1 aromatic carbocycles. The van der Waals surface area contributed by atoms with Crippen LogP contribution < -0.4 is 21.3 Å². The standard InChI is InChI=1S/C18H17FN4O4/c1-22-15-12(17(25)23(2)18(22)26)7-11(9-20-15)16(24)21-8-10-4-5-14(27-3)13(19)6-10/h4-7,9H,8H2,1-3H3,(H,21,24). The summed E-state index contributed by atoms with van der Waals surface area (Å²) in [5, 5.41) is 2.80. The van der Waals surface area contributed by atoms with Crippen molar-refractivity contribution in [1.82, 2.24) is 19.4 Å². The molecule has 1 amide bonds. The maximum atomic E-state index is 13.7. The number of aryl methyl sites for hydroxylation is 1. The van der Waals surface area contributed by atoms with E-state index < -0.39 is 23.0 Å². The second-order valence-corrected chi connectivity index (χ2v) is 5.95. The highest BCUT2D eigenvalue weighted by atomic mass is 19.1. The van der Waals surface area contributed by atoms with Crippen molar-refractivity contribution in [3.05, 3.63) is 68.2 Å². The first-order chi connectivity index (χ1) is 12.8.